The summed E-state index contributed by atoms with van der Waals surface area (Å²) in [5.41, 5.74) is 1.43. The predicted octanol–water partition coefficient (Wildman–Crippen LogP) is 3.26. The number of aryl methyl sites for hydroxylation is 2. The Morgan fingerprint density at radius 2 is 2.10 bits per heavy atom. The summed E-state index contributed by atoms with van der Waals surface area (Å²) in [6, 6.07) is 11.6. The van der Waals surface area contributed by atoms with Gasteiger partial charge in [0.25, 0.3) is 0 Å². The minimum Gasteiger partial charge on any atom is -0.357 e. The molecule has 168 valence electrons. The first-order chi connectivity index (χ1) is 15.2. The molecule has 7 heteroatoms. The molecule has 4 rings (SSSR count). The highest BCUT2D eigenvalue weighted by atomic mass is 16.5. The molecule has 2 atom stereocenters. The fourth-order valence-electron chi connectivity index (χ4n) is 5.00. The summed E-state index contributed by atoms with van der Waals surface area (Å²) in [6.07, 6.45) is 5.52. The van der Waals surface area contributed by atoms with Crippen LogP contribution in [0.15, 0.2) is 39.8 Å². The largest absolute Gasteiger partial charge is 0.357 e. The van der Waals surface area contributed by atoms with Gasteiger partial charge in [-0.1, -0.05) is 35.5 Å². The highest BCUT2D eigenvalue weighted by Gasteiger charge is 2.36. The molecule has 0 bridgehead atoms. The van der Waals surface area contributed by atoms with Gasteiger partial charge < -0.3 is 14.7 Å². The van der Waals surface area contributed by atoms with Crippen LogP contribution in [0.2, 0.25) is 0 Å². The smallest absolute Gasteiger partial charge is 0.226 e. The van der Waals surface area contributed by atoms with E-state index in [1.807, 2.05) is 6.92 Å². The molecule has 2 aliphatic heterocycles. The van der Waals surface area contributed by atoms with Crippen molar-refractivity contribution in [2.75, 3.05) is 32.7 Å². The molecule has 1 N–H and O–H groups in total. The Kier molecular flexibility index (Phi) is 7.57. The number of nitrogens with one attached hydrogen (secondary N) is 1. The number of hydrogen-bond donors (Lipinski definition) is 1. The van der Waals surface area contributed by atoms with Gasteiger partial charge in [0.05, 0.1) is 0 Å². The molecule has 2 aliphatic rings. The summed E-state index contributed by atoms with van der Waals surface area (Å²) in [5, 5.41) is 7.37. The number of aliphatic imine (C=N–C) groups is 1. The monoisotopic (exact) mass is 424 g/mol. The molecule has 0 saturated carbocycles. The maximum Gasteiger partial charge on any atom is 0.226 e. The molecular formula is C24H36N6O. The molecule has 31 heavy (non-hydrogen) atoms. The van der Waals surface area contributed by atoms with Gasteiger partial charge in [-0.3, -0.25) is 9.89 Å². The van der Waals surface area contributed by atoms with Crippen molar-refractivity contribution >= 4 is 5.96 Å². The lowest BCUT2D eigenvalue weighted by Crippen LogP contribution is -2.56. The van der Waals surface area contributed by atoms with Crippen LogP contribution in [-0.2, 0) is 13.0 Å². The molecule has 7 nitrogen and oxygen atoms in total. The first-order valence-corrected chi connectivity index (χ1v) is 11.8. The lowest BCUT2D eigenvalue weighted by molar-refractivity contribution is 0.0372. The van der Waals surface area contributed by atoms with Gasteiger partial charge in [0.1, 0.15) is 0 Å². The molecule has 0 aliphatic carbocycles. The van der Waals surface area contributed by atoms with Crippen molar-refractivity contribution in [1.29, 1.82) is 0 Å². The lowest BCUT2D eigenvalue weighted by atomic mass is 9.83. The number of benzene rings is 1. The maximum atomic E-state index is 5.21. The molecule has 1 aromatic carbocycles. The van der Waals surface area contributed by atoms with E-state index in [-0.39, 0.29) is 0 Å². The van der Waals surface area contributed by atoms with Crippen molar-refractivity contribution < 1.29 is 4.52 Å². The normalized spacial score (nSPS) is 22.4. The van der Waals surface area contributed by atoms with Gasteiger partial charge in [-0.2, -0.15) is 4.98 Å². The van der Waals surface area contributed by atoms with Crippen LogP contribution in [0.4, 0.5) is 0 Å². The van der Waals surface area contributed by atoms with Crippen LogP contribution in [0.1, 0.15) is 49.9 Å². The van der Waals surface area contributed by atoms with E-state index in [0.29, 0.717) is 17.8 Å². The second-order valence-corrected chi connectivity index (χ2v) is 8.73. The van der Waals surface area contributed by atoms with Crippen molar-refractivity contribution in [3.8, 4) is 0 Å². The second-order valence-electron chi connectivity index (χ2n) is 8.73. The third-order valence-corrected chi connectivity index (χ3v) is 6.43. The molecule has 2 fully saturated rings. The Morgan fingerprint density at radius 3 is 2.87 bits per heavy atom. The van der Waals surface area contributed by atoms with Gasteiger partial charge in [0.15, 0.2) is 11.8 Å². The first kappa shape index (κ1) is 21.8. The molecular weight excluding hydrogens is 388 g/mol. The standard InChI is InChI=1S/C24H36N6O/c1-3-25-24(26-14-7-12-23-27-19(2)28-31-23)30-16-13-22-21(18-30)11-8-15-29(22)17-20-9-5-4-6-10-20/h4-6,9-10,21-22H,3,7-8,11-18H2,1-2H3,(H,25,26). The maximum absolute atomic E-state index is 5.21. The summed E-state index contributed by atoms with van der Waals surface area (Å²) >= 11 is 0. The number of aromatic nitrogens is 2. The second kappa shape index (κ2) is 10.8. The number of fused-ring (bicyclic) bond motifs is 1. The Hall–Kier alpha value is -2.41. The van der Waals surface area contributed by atoms with E-state index < -0.39 is 0 Å². The van der Waals surface area contributed by atoms with Crippen LogP contribution in [0, 0.1) is 12.8 Å². The number of likely N-dealkylation sites (tertiary alicyclic amines) is 2. The van der Waals surface area contributed by atoms with E-state index in [4.69, 9.17) is 9.52 Å². The van der Waals surface area contributed by atoms with E-state index in [0.717, 1.165) is 57.4 Å². The van der Waals surface area contributed by atoms with Gasteiger partial charge in [0, 0.05) is 45.2 Å². The number of guanidine groups is 1. The molecule has 2 saturated heterocycles. The van der Waals surface area contributed by atoms with E-state index in [1.54, 1.807) is 0 Å². The van der Waals surface area contributed by atoms with Gasteiger partial charge >= 0.3 is 0 Å². The van der Waals surface area contributed by atoms with Gasteiger partial charge in [0.2, 0.25) is 5.89 Å². The molecule has 1 aromatic heterocycles. The Bertz CT molecular complexity index is 836. The topological polar surface area (TPSA) is 69.8 Å². The van der Waals surface area contributed by atoms with Gasteiger partial charge in [-0.05, 0) is 57.6 Å². The summed E-state index contributed by atoms with van der Waals surface area (Å²) < 4.78 is 5.21. The quantitative estimate of drug-likeness (QED) is 0.418. The zero-order valence-corrected chi connectivity index (χ0v) is 19.0. The molecule has 0 spiro atoms. The van der Waals surface area contributed by atoms with Crippen LogP contribution >= 0.6 is 0 Å². The fourth-order valence-corrected chi connectivity index (χ4v) is 5.00. The van der Waals surface area contributed by atoms with Crippen molar-refractivity contribution in [2.45, 2.75) is 58.5 Å². The van der Waals surface area contributed by atoms with E-state index >= 15 is 0 Å². The van der Waals surface area contributed by atoms with E-state index in [9.17, 15) is 0 Å². The molecule has 2 aromatic rings. The van der Waals surface area contributed by atoms with Crippen LogP contribution in [0.25, 0.3) is 0 Å². The molecule has 3 heterocycles. The zero-order valence-electron chi connectivity index (χ0n) is 19.0. The average molecular weight is 425 g/mol. The molecule has 0 radical (unpaired) electrons. The Balaban J connectivity index is 1.32. The minimum atomic E-state index is 0.689. The molecule has 2 unspecified atom stereocenters. The summed E-state index contributed by atoms with van der Waals surface area (Å²) in [4.78, 5) is 14.4. The fraction of sp³-hybridized carbons (Fsp3) is 0.625. The van der Waals surface area contributed by atoms with E-state index in [1.165, 1.54) is 31.4 Å². The average Bonchev–Trinajstić information content (AvgIpc) is 3.21. The van der Waals surface area contributed by atoms with Crippen molar-refractivity contribution in [3.63, 3.8) is 0 Å². The zero-order chi connectivity index (χ0) is 21.5. The third-order valence-electron chi connectivity index (χ3n) is 6.43. The predicted molar refractivity (Wildman–Crippen MR) is 123 cm³/mol. The van der Waals surface area contributed by atoms with Crippen LogP contribution in [-0.4, -0.2) is 64.7 Å². The van der Waals surface area contributed by atoms with Crippen molar-refractivity contribution in [1.82, 2.24) is 25.3 Å². The highest BCUT2D eigenvalue weighted by molar-refractivity contribution is 5.80. The minimum absolute atomic E-state index is 0.689. The number of piperidine rings is 2. The van der Waals surface area contributed by atoms with Crippen molar-refractivity contribution in [2.24, 2.45) is 10.9 Å². The van der Waals surface area contributed by atoms with Crippen molar-refractivity contribution in [3.05, 3.63) is 47.6 Å². The molecule has 0 amide bonds. The Labute approximate surface area is 185 Å². The van der Waals surface area contributed by atoms with Gasteiger partial charge in [-0.15, -0.1) is 0 Å². The number of rotatable bonds is 7. The first-order valence-electron chi connectivity index (χ1n) is 11.8. The summed E-state index contributed by atoms with van der Waals surface area (Å²) in [5.74, 6) is 3.18. The number of nitrogens with zero attached hydrogens (tertiary/aromatic N) is 5. The van der Waals surface area contributed by atoms with E-state index in [2.05, 4.69) is 62.5 Å². The lowest BCUT2D eigenvalue weighted by Gasteiger charge is -2.48. The SMILES string of the molecule is CCNC(=NCCCc1nc(C)no1)N1CCC2C(CCCN2Cc2ccccc2)C1. The van der Waals surface area contributed by atoms with Crippen LogP contribution in [0.3, 0.4) is 0 Å². The Morgan fingerprint density at radius 1 is 1.23 bits per heavy atom. The van der Waals surface area contributed by atoms with Crippen LogP contribution < -0.4 is 5.32 Å². The highest BCUT2D eigenvalue weighted by Crippen LogP contribution is 2.31. The summed E-state index contributed by atoms with van der Waals surface area (Å²) in [6.45, 7) is 10.1. The third kappa shape index (κ3) is 5.85. The number of hydrogen-bond acceptors (Lipinski definition) is 5. The van der Waals surface area contributed by atoms with Crippen LogP contribution in [0.5, 0.6) is 0 Å². The van der Waals surface area contributed by atoms with Gasteiger partial charge in [-0.25, -0.2) is 0 Å². The summed E-state index contributed by atoms with van der Waals surface area (Å²) in [7, 11) is 0.